The van der Waals surface area contributed by atoms with Crippen molar-refractivity contribution in [2.24, 2.45) is 5.73 Å². The molecule has 0 radical (unpaired) electrons. The molecule has 3 N–H and O–H groups in total. The minimum atomic E-state index is -0.124. The van der Waals surface area contributed by atoms with Gasteiger partial charge in [0.05, 0.1) is 5.54 Å². The van der Waals surface area contributed by atoms with E-state index in [1.807, 2.05) is 0 Å². The van der Waals surface area contributed by atoms with Crippen LogP contribution in [-0.4, -0.2) is 37.1 Å². The average Bonchev–Trinajstić information content (AvgIpc) is 2.54. The van der Waals surface area contributed by atoms with Crippen LogP contribution < -0.4 is 11.1 Å². The average molecular weight is 185 g/mol. The van der Waals surface area contributed by atoms with E-state index < -0.39 is 0 Å². The number of urea groups is 1. The molecule has 0 aromatic carbocycles. The summed E-state index contributed by atoms with van der Waals surface area (Å²) in [7, 11) is 3.49. The van der Waals surface area contributed by atoms with Crippen molar-refractivity contribution in [2.45, 2.75) is 31.2 Å². The molecular formula is C9H19N3O. The first-order chi connectivity index (χ1) is 6.09. The fourth-order valence-electron chi connectivity index (χ4n) is 1.77. The van der Waals surface area contributed by atoms with E-state index in [9.17, 15) is 4.79 Å². The van der Waals surface area contributed by atoms with E-state index >= 15 is 0 Å². The Hall–Kier alpha value is -0.770. The second-order valence-corrected chi connectivity index (χ2v) is 4.02. The van der Waals surface area contributed by atoms with Crippen molar-refractivity contribution in [1.82, 2.24) is 10.2 Å². The van der Waals surface area contributed by atoms with Gasteiger partial charge in [-0.15, -0.1) is 0 Å². The maximum absolute atomic E-state index is 11.4. The van der Waals surface area contributed by atoms with Crippen molar-refractivity contribution >= 4 is 6.03 Å². The smallest absolute Gasteiger partial charge is 0.317 e. The van der Waals surface area contributed by atoms with Gasteiger partial charge in [-0.2, -0.15) is 0 Å². The maximum atomic E-state index is 11.4. The van der Waals surface area contributed by atoms with Crippen LogP contribution in [0.15, 0.2) is 0 Å². The lowest BCUT2D eigenvalue weighted by Gasteiger charge is -2.30. The number of amides is 2. The Kier molecular flexibility index (Phi) is 3.14. The molecule has 4 nitrogen and oxygen atoms in total. The standard InChI is InChI=1S/C9H19N3O/c1-12(2)8(13)11-9(7-10)5-3-4-6-9/h3-7,10H2,1-2H3,(H,11,13). The summed E-state index contributed by atoms with van der Waals surface area (Å²) < 4.78 is 0. The summed E-state index contributed by atoms with van der Waals surface area (Å²) in [6, 6.07) is -0.0349. The van der Waals surface area contributed by atoms with E-state index in [1.165, 1.54) is 12.8 Å². The van der Waals surface area contributed by atoms with Crippen molar-refractivity contribution < 1.29 is 4.79 Å². The van der Waals surface area contributed by atoms with Gasteiger partial charge in [0.25, 0.3) is 0 Å². The molecule has 0 aliphatic heterocycles. The summed E-state index contributed by atoms with van der Waals surface area (Å²) in [5.41, 5.74) is 5.56. The van der Waals surface area contributed by atoms with Gasteiger partial charge >= 0.3 is 6.03 Å². The zero-order valence-electron chi connectivity index (χ0n) is 8.47. The Morgan fingerprint density at radius 2 is 2.00 bits per heavy atom. The van der Waals surface area contributed by atoms with E-state index in [-0.39, 0.29) is 11.6 Å². The molecule has 1 fully saturated rings. The van der Waals surface area contributed by atoms with Gasteiger partial charge in [0, 0.05) is 20.6 Å². The SMILES string of the molecule is CN(C)C(=O)NC1(CN)CCCC1. The highest BCUT2D eigenvalue weighted by Gasteiger charge is 2.34. The molecule has 0 heterocycles. The van der Waals surface area contributed by atoms with Crippen molar-refractivity contribution in [1.29, 1.82) is 0 Å². The van der Waals surface area contributed by atoms with Crippen molar-refractivity contribution in [2.75, 3.05) is 20.6 Å². The van der Waals surface area contributed by atoms with E-state index in [0.29, 0.717) is 6.54 Å². The molecule has 1 rings (SSSR count). The monoisotopic (exact) mass is 185 g/mol. The van der Waals surface area contributed by atoms with Crippen molar-refractivity contribution in [3.8, 4) is 0 Å². The van der Waals surface area contributed by atoms with E-state index in [2.05, 4.69) is 5.32 Å². The van der Waals surface area contributed by atoms with Crippen LogP contribution in [-0.2, 0) is 0 Å². The van der Waals surface area contributed by atoms with Crippen LogP contribution in [0.25, 0.3) is 0 Å². The molecule has 0 saturated heterocycles. The number of rotatable bonds is 2. The first-order valence-corrected chi connectivity index (χ1v) is 4.79. The van der Waals surface area contributed by atoms with Gasteiger partial charge in [-0.25, -0.2) is 4.79 Å². The first-order valence-electron chi connectivity index (χ1n) is 4.79. The van der Waals surface area contributed by atoms with E-state index in [4.69, 9.17) is 5.73 Å². The summed E-state index contributed by atoms with van der Waals surface area (Å²) in [6.07, 6.45) is 4.38. The molecule has 0 aromatic rings. The Balaban J connectivity index is 2.53. The molecule has 4 heteroatoms. The van der Waals surface area contributed by atoms with Gasteiger partial charge < -0.3 is 16.0 Å². The van der Waals surface area contributed by atoms with Crippen LogP contribution >= 0.6 is 0 Å². The number of carbonyl (C=O) groups is 1. The van der Waals surface area contributed by atoms with Crippen molar-refractivity contribution in [3.05, 3.63) is 0 Å². The molecule has 0 atom stereocenters. The van der Waals surface area contributed by atoms with Crippen LogP contribution in [0, 0.1) is 0 Å². The quantitative estimate of drug-likeness (QED) is 0.659. The second kappa shape index (κ2) is 3.96. The normalized spacial score (nSPS) is 19.9. The first kappa shape index (κ1) is 10.3. The zero-order valence-corrected chi connectivity index (χ0v) is 8.47. The summed E-state index contributed by atoms with van der Waals surface area (Å²) in [5.74, 6) is 0. The lowest BCUT2D eigenvalue weighted by Crippen LogP contribution is -2.54. The molecule has 1 saturated carbocycles. The topological polar surface area (TPSA) is 58.4 Å². The molecule has 0 unspecified atom stereocenters. The highest BCUT2D eigenvalue weighted by molar-refractivity contribution is 5.74. The summed E-state index contributed by atoms with van der Waals surface area (Å²) >= 11 is 0. The predicted octanol–water partition coefficient (Wildman–Crippen LogP) is 0.529. The fourth-order valence-corrected chi connectivity index (χ4v) is 1.77. The third-order valence-corrected chi connectivity index (χ3v) is 2.73. The van der Waals surface area contributed by atoms with E-state index in [0.717, 1.165) is 12.8 Å². The molecule has 76 valence electrons. The summed E-state index contributed by atoms with van der Waals surface area (Å²) in [4.78, 5) is 13.0. The molecular weight excluding hydrogens is 166 g/mol. The molecule has 2 amide bonds. The Morgan fingerprint density at radius 1 is 1.46 bits per heavy atom. The number of carbonyl (C=O) groups excluding carboxylic acids is 1. The minimum Gasteiger partial charge on any atom is -0.331 e. The lowest BCUT2D eigenvalue weighted by molar-refractivity contribution is 0.201. The zero-order chi connectivity index (χ0) is 9.90. The van der Waals surface area contributed by atoms with Crippen LogP contribution in [0.4, 0.5) is 4.79 Å². The lowest BCUT2D eigenvalue weighted by atomic mass is 9.98. The number of hydrogen-bond acceptors (Lipinski definition) is 2. The Morgan fingerprint density at radius 3 is 2.38 bits per heavy atom. The highest BCUT2D eigenvalue weighted by atomic mass is 16.2. The number of hydrogen-bond donors (Lipinski definition) is 2. The van der Waals surface area contributed by atoms with Crippen molar-refractivity contribution in [3.63, 3.8) is 0 Å². The third-order valence-electron chi connectivity index (χ3n) is 2.73. The molecule has 13 heavy (non-hydrogen) atoms. The summed E-state index contributed by atoms with van der Waals surface area (Å²) in [6.45, 7) is 0.548. The third kappa shape index (κ3) is 2.34. The van der Waals surface area contributed by atoms with Gasteiger partial charge in [0.2, 0.25) is 0 Å². The number of nitrogens with two attached hydrogens (primary N) is 1. The summed E-state index contributed by atoms with van der Waals surface area (Å²) in [5, 5.41) is 3.00. The van der Waals surface area contributed by atoms with Gasteiger partial charge in [-0.1, -0.05) is 12.8 Å². The molecule has 0 spiro atoms. The molecule has 0 aromatic heterocycles. The van der Waals surface area contributed by atoms with Gasteiger partial charge in [0.15, 0.2) is 0 Å². The molecule has 0 bridgehead atoms. The number of nitrogens with one attached hydrogen (secondary N) is 1. The largest absolute Gasteiger partial charge is 0.331 e. The maximum Gasteiger partial charge on any atom is 0.317 e. The Labute approximate surface area is 79.5 Å². The van der Waals surface area contributed by atoms with Crippen LogP contribution in [0.1, 0.15) is 25.7 Å². The van der Waals surface area contributed by atoms with Crippen LogP contribution in [0.3, 0.4) is 0 Å². The van der Waals surface area contributed by atoms with Gasteiger partial charge in [-0.3, -0.25) is 0 Å². The molecule has 1 aliphatic carbocycles. The van der Waals surface area contributed by atoms with E-state index in [1.54, 1.807) is 19.0 Å². The number of nitrogens with zero attached hydrogens (tertiary/aromatic N) is 1. The fraction of sp³-hybridized carbons (Fsp3) is 0.889. The minimum absolute atomic E-state index is 0.0349. The highest BCUT2D eigenvalue weighted by Crippen LogP contribution is 2.28. The predicted molar refractivity (Wildman–Crippen MR) is 52.5 cm³/mol. The van der Waals surface area contributed by atoms with Crippen LogP contribution in [0.5, 0.6) is 0 Å². The van der Waals surface area contributed by atoms with Gasteiger partial charge in [-0.05, 0) is 12.8 Å². The Bertz CT molecular complexity index is 185. The molecule has 1 aliphatic rings. The second-order valence-electron chi connectivity index (χ2n) is 4.02. The van der Waals surface area contributed by atoms with Gasteiger partial charge in [0.1, 0.15) is 0 Å². The van der Waals surface area contributed by atoms with Crippen LogP contribution in [0.2, 0.25) is 0 Å².